The summed E-state index contributed by atoms with van der Waals surface area (Å²) in [6, 6.07) is 0.261. The third-order valence-electron chi connectivity index (χ3n) is 5.19. The fraction of sp³-hybridized carbons (Fsp3) is 0.706. The molecule has 0 saturated heterocycles. The largest absolute Gasteiger partial charge is 0.496 e. The van der Waals surface area contributed by atoms with Crippen molar-refractivity contribution in [2.24, 2.45) is 11.3 Å². The number of rotatable bonds is 5. The van der Waals surface area contributed by atoms with Crippen molar-refractivity contribution < 1.29 is 4.74 Å². The number of pyridine rings is 1. The summed E-state index contributed by atoms with van der Waals surface area (Å²) in [7, 11) is 1.72. The molecule has 1 fully saturated rings. The van der Waals surface area contributed by atoms with Crippen molar-refractivity contribution in [1.29, 1.82) is 0 Å². The molecule has 21 heavy (non-hydrogen) atoms. The van der Waals surface area contributed by atoms with E-state index in [0.717, 1.165) is 29.0 Å². The molecule has 3 N–H and O–H groups in total. The lowest BCUT2D eigenvalue weighted by Gasteiger charge is -2.40. The fourth-order valence-electron chi connectivity index (χ4n) is 3.68. The molecule has 1 saturated carbocycles. The Kier molecular flexibility index (Phi) is 5.22. The smallest absolute Gasteiger partial charge is 0.128 e. The molecule has 0 aromatic carbocycles. The number of nitrogens with two attached hydrogens (primary N) is 1. The highest BCUT2D eigenvalue weighted by Crippen LogP contribution is 2.40. The van der Waals surface area contributed by atoms with Gasteiger partial charge in [-0.05, 0) is 32.1 Å². The second-order valence-electron chi connectivity index (χ2n) is 6.68. The number of nitrogens with one attached hydrogen (secondary N) is 1. The summed E-state index contributed by atoms with van der Waals surface area (Å²) in [5.74, 6) is 6.83. The van der Waals surface area contributed by atoms with Crippen LogP contribution in [0.4, 0.5) is 0 Å². The second-order valence-corrected chi connectivity index (χ2v) is 6.68. The molecule has 1 atom stereocenters. The highest BCUT2D eigenvalue weighted by atomic mass is 16.5. The zero-order valence-corrected chi connectivity index (χ0v) is 13.8. The molecule has 0 radical (unpaired) electrons. The van der Waals surface area contributed by atoms with E-state index in [0.29, 0.717) is 0 Å². The SMILES string of the molecule is COc1c(C)cnc(CC(NN)C2(C)CCCCC2)c1C. The molecule has 1 aromatic rings. The van der Waals surface area contributed by atoms with Gasteiger partial charge < -0.3 is 4.74 Å². The minimum Gasteiger partial charge on any atom is -0.496 e. The summed E-state index contributed by atoms with van der Waals surface area (Å²) >= 11 is 0. The molecule has 1 aliphatic carbocycles. The van der Waals surface area contributed by atoms with Gasteiger partial charge in [0.1, 0.15) is 5.75 Å². The Bertz CT molecular complexity index is 481. The maximum absolute atomic E-state index is 5.88. The Balaban J connectivity index is 2.22. The molecule has 4 nitrogen and oxygen atoms in total. The van der Waals surface area contributed by atoms with Crippen LogP contribution in [0.25, 0.3) is 0 Å². The van der Waals surface area contributed by atoms with Crippen LogP contribution >= 0.6 is 0 Å². The Hall–Kier alpha value is -1.13. The number of aromatic nitrogens is 1. The van der Waals surface area contributed by atoms with E-state index in [-0.39, 0.29) is 11.5 Å². The van der Waals surface area contributed by atoms with E-state index in [1.165, 1.54) is 32.1 Å². The summed E-state index contributed by atoms with van der Waals surface area (Å²) in [5.41, 5.74) is 6.63. The zero-order chi connectivity index (χ0) is 15.5. The molecular weight excluding hydrogens is 262 g/mol. The standard InChI is InChI=1S/C17H29N3O/c1-12-11-19-14(13(2)16(12)21-4)10-15(20-18)17(3)8-6-5-7-9-17/h11,15,20H,5-10,18H2,1-4H3. The van der Waals surface area contributed by atoms with Gasteiger partial charge >= 0.3 is 0 Å². The van der Waals surface area contributed by atoms with Gasteiger partial charge in [0.15, 0.2) is 0 Å². The van der Waals surface area contributed by atoms with Crippen molar-refractivity contribution in [2.45, 2.75) is 65.3 Å². The zero-order valence-electron chi connectivity index (χ0n) is 13.8. The second kappa shape index (κ2) is 6.75. The molecule has 0 bridgehead atoms. The molecule has 1 heterocycles. The van der Waals surface area contributed by atoms with E-state index in [1.54, 1.807) is 7.11 Å². The fourth-order valence-corrected chi connectivity index (χ4v) is 3.68. The lowest BCUT2D eigenvalue weighted by atomic mass is 9.69. The van der Waals surface area contributed by atoms with Gasteiger partial charge in [-0.2, -0.15) is 0 Å². The van der Waals surface area contributed by atoms with Crippen molar-refractivity contribution in [3.8, 4) is 5.75 Å². The summed E-state index contributed by atoms with van der Waals surface area (Å²) in [5, 5.41) is 0. The van der Waals surface area contributed by atoms with E-state index in [9.17, 15) is 0 Å². The summed E-state index contributed by atoms with van der Waals surface area (Å²) < 4.78 is 5.51. The minimum atomic E-state index is 0.261. The highest BCUT2D eigenvalue weighted by molar-refractivity contribution is 5.41. The first-order valence-corrected chi connectivity index (χ1v) is 7.97. The first-order valence-electron chi connectivity index (χ1n) is 7.97. The van der Waals surface area contributed by atoms with Gasteiger partial charge in [0.2, 0.25) is 0 Å². The number of hydrogen-bond donors (Lipinski definition) is 2. The third-order valence-corrected chi connectivity index (χ3v) is 5.19. The van der Waals surface area contributed by atoms with Gasteiger partial charge in [0.05, 0.1) is 7.11 Å². The maximum Gasteiger partial charge on any atom is 0.128 e. The molecular formula is C17H29N3O. The number of nitrogens with zero attached hydrogens (tertiary/aromatic N) is 1. The summed E-state index contributed by atoms with van der Waals surface area (Å²) in [4.78, 5) is 4.62. The van der Waals surface area contributed by atoms with Crippen molar-refractivity contribution in [1.82, 2.24) is 10.4 Å². The maximum atomic E-state index is 5.88. The molecule has 1 unspecified atom stereocenters. The van der Waals surface area contributed by atoms with Crippen LogP contribution in [0.5, 0.6) is 5.75 Å². The van der Waals surface area contributed by atoms with Crippen LogP contribution in [0.2, 0.25) is 0 Å². The summed E-state index contributed by atoms with van der Waals surface area (Å²) in [6.45, 7) is 6.48. The van der Waals surface area contributed by atoms with Gasteiger partial charge in [-0.1, -0.05) is 26.2 Å². The normalized spacial score (nSPS) is 19.3. The summed E-state index contributed by atoms with van der Waals surface area (Å²) in [6.07, 6.45) is 9.19. The Morgan fingerprint density at radius 1 is 1.33 bits per heavy atom. The average molecular weight is 291 g/mol. The van der Waals surface area contributed by atoms with E-state index in [1.807, 2.05) is 13.1 Å². The number of hydrazine groups is 1. The first kappa shape index (κ1) is 16.2. The number of ether oxygens (including phenoxy) is 1. The monoisotopic (exact) mass is 291 g/mol. The van der Waals surface area contributed by atoms with E-state index in [4.69, 9.17) is 10.6 Å². The lowest BCUT2D eigenvalue weighted by Crippen LogP contribution is -2.49. The predicted octanol–water partition coefficient (Wildman–Crippen LogP) is 3.05. The van der Waals surface area contributed by atoms with E-state index >= 15 is 0 Å². The molecule has 0 aliphatic heterocycles. The molecule has 1 aliphatic rings. The molecule has 118 valence electrons. The average Bonchev–Trinajstić information content (AvgIpc) is 2.47. The van der Waals surface area contributed by atoms with Crippen LogP contribution in [0.15, 0.2) is 6.20 Å². The Labute approximate surface area is 128 Å². The van der Waals surface area contributed by atoms with Crippen LogP contribution in [0.3, 0.4) is 0 Å². The quantitative estimate of drug-likeness (QED) is 0.646. The van der Waals surface area contributed by atoms with Gasteiger partial charge in [0, 0.05) is 35.5 Å². The first-order chi connectivity index (χ1) is 10.0. The lowest BCUT2D eigenvalue weighted by molar-refractivity contribution is 0.143. The number of hydrogen-bond acceptors (Lipinski definition) is 4. The van der Waals surface area contributed by atoms with Crippen molar-refractivity contribution >= 4 is 0 Å². The molecule has 0 spiro atoms. The van der Waals surface area contributed by atoms with Crippen LogP contribution in [-0.4, -0.2) is 18.1 Å². The van der Waals surface area contributed by atoms with Crippen molar-refractivity contribution in [2.75, 3.05) is 7.11 Å². The number of methoxy groups -OCH3 is 1. The van der Waals surface area contributed by atoms with E-state index < -0.39 is 0 Å². The van der Waals surface area contributed by atoms with Crippen LogP contribution in [0.1, 0.15) is 55.8 Å². The van der Waals surface area contributed by atoms with Crippen LogP contribution < -0.4 is 16.0 Å². The van der Waals surface area contributed by atoms with Crippen LogP contribution in [0, 0.1) is 19.3 Å². The molecule has 1 aromatic heterocycles. The molecule has 4 heteroatoms. The van der Waals surface area contributed by atoms with Crippen molar-refractivity contribution in [3.63, 3.8) is 0 Å². The van der Waals surface area contributed by atoms with Gasteiger partial charge in [-0.15, -0.1) is 0 Å². The Morgan fingerprint density at radius 3 is 2.57 bits per heavy atom. The highest BCUT2D eigenvalue weighted by Gasteiger charge is 2.35. The predicted molar refractivity (Wildman–Crippen MR) is 86.3 cm³/mol. The molecule has 0 amide bonds. The van der Waals surface area contributed by atoms with Crippen molar-refractivity contribution in [3.05, 3.63) is 23.0 Å². The number of aryl methyl sites for hydroxylation is 1. The van der Waals surface area contributed by atoms with Gasteiger partial charge in [-0.3, -0.25) is 16.3 Å². The minimum absolute atomic E-state index is 0.261. The van der Waals surface area contributed by atoms with E-state index in [2.05, 4.69) is 24.3 Å². The van der Waals surface area contributed by atoms with Crippen LogP contribution in [-0.2, 0) is 6.42 Å². The topological polar surface area (TPSA) is 60.2 Å². The van der Waals surface area contributed by atoms with Gasteiger partial charge in [0.25, 0.3) is 0 Å². The third kappa shape index (κ3) is 3.38. The van der Waals surface area contributed by atoms with Gasteiger partial charge in [-0.25, -0.2) is 0 Å². The Morgan fingerprint density at radius 2 is 2.00 bits per heavy atom. The molecule has 2 rings (SSSR count).